The Hall–Kier alpha value is -3.65. The lowest BCUT2D eigenvalue weighted by Gasteiger charge is -2.44. The molecule has 2 aliphatic heterocycles. The summed E-state index contributed by atoms with van der Waals surface area (Å²) in [6, 6.07) is 10.9. The molecule has 1 unspecified atom stereocenters. The Balaban J connectivity index is 1.39. The number of likely N-dealkylation sites (N-methyl/N-ethyl adjacent to an activating group) is 1. The van der Waals surface area contributed by atoms with Gasteiger partial charge < -0.3 is 25.0 Å². The van der Waals surface area contributed by atoms with Crippen LogP contribution in [0.25, 0.3) is 11.1 Å². The lowest BCUT2D eigenvalue weighted by atomic mass is 9.78. The fourth-order valence-corrected chi connectivity index (χ4v) is 6.65. The van der Waals surface area contributed by atoms with Crippen LogP contribution in [0, 0.1) is 17.0 Å². The van der Waals surface area contributed by atoms with Crippen LogP contribution in [0.2, 0.25) is 0 Å². The van der Waals surface area contributed by atoms with Gasteiger partial charge in [-0.15, -0.1) is 0 Å². The van der Waals surface area contributed by atoms with E-state index in [2.05, 4.69) is 15.0 Å². The van der Waals surface area contributed by atoms with E-state index in [9.17, 15) is 27.1 Å². The number of rotatable bonds is 2. The van der Waals surface area contributed by atoms with Crippen molar-refractivity contribution in [3.63, 3.8) is 0 Å². The molecule has 2 aliphatic rings. The number of hydrogen-bond donors (Lipinski definition) is 3. The zero-order chi connectivity index (χ0) is 29.9. The number of aliphatic hydroxyl groups is 1. The second-order valence-corrected chi connectivity index (χ2v) is 12.7. The van der Waals surface area contributed by atoms with E-state index < -0.39 is 39.2 Å². The molecule has 42 heavy (non-hydrogen) atoms. The molecule has 2 aromatic carbocycles. The van der Waals surface area contributed by atoms with Gasteiger partial charge in [0.1, 0.15) is 22.3 Å². The quantitative estimate of drug-likeness (QED) is 0.412. The number of benzene rings is 2. The molecular weight excluding hydrogens is 568 g/mol. The maximum absolute atomic E-state index is 14.1. The number of sulfonamides is 1. The largest absolute Gasteiger partial charge is 0.492 e. The minimum absolute atomic E-state index is 0.0374. The number of halogens is 2. The van der Waals surface area contributed by atoms with E-state index >= 15 is 0 Å². The second-order valence-electron chi connectivity index (χ2n) is 10.9. The molecule has 1 spiro atoms. The Labute approximate surface area is 243 Å². The summed E-state index contributed by atoms with van der Waals surface area (Å²) >= 11 is 0. The summed E-state index contributed by atoms with van der Waals surface area (Å²) in [6.45, 7) is 1.40. The van der Waals surface area contributed by atoms with E-state index in [0.717, 1.165) is 17.2 Å². The van der Waals surface area contributed by atoms with Crippen LogP contribution in [-0.4, -0.2) is 86.8 Å². The van der Waals surface area contributed by atoms with Crippen LogP contribution in [-0.2, 0) is 10.0 Å². The zero-order valence-electron chi connectivity index (χ0n) is 23.1. The van der Waals surface area contributed by atoms with Crippen LogP contribution < -0.4 is 14.8 Å². The van der Waals surface area contributed by atoms with E-state index in [1.165, 1.54) is 12.1 Å². The third kappa shape index (κ3) is 6.86. The molecule has 3 aromatic rings. The van der Waals surface area contributed by atoms with E-state index in [1.807, 2.05) is 18.0 Å². The van der Waals surface area contributed by atoms with Gasteiger partial charge in [0.25, 0.3) is 0 Å². The number of nitrogens with one attached hydrogen (secondary N) is 2. The van der Waals surface area contributed by atoms with Gasteiger partial charge in [-0.25, -0.2) is 26.7 Å². The normalized spacial score (nSPS) is 21.0. The molecule has 224 valence electrons. The summed E-state index contributed by atoms with van der Waals surface area (Å²) < 4.78 is 62.6. The van der Waals surface area contributed by atoms with Gasteiger partial charge in [-0.05, 0) is 55.8 Å². The van der Waals surface area contributed by atoms with Gasteiger partial charge in [-0.1, -0.05) is 12.1 Å². The smallest absolute Gasteiger partial charge is 0.321 e. The van der Waals surface area contributed by atoms with Crippen molar-refractivity contribution in [1.82, 2.24) is 19.5 Å². The first-order valence-electron chi connectivity index (χ1n) is 13.6. The lowest BCUT2D eigenvalue weighted by Crippen LogP contribution is -2.52. The number of aromatic nitrogens is 1. The number of nitrogens with zero attached hydrogens (tertiary/aromatic N) is 3. The number of β-amino-alcohol motifs (C(OH)–C–C–N with tert-alkyl or cyclic N) is 1. The number of ether oxygens (including phenoxy) is 1. The third-order valence-electron chi connectivity index (χ3n) is 7.68. The Morgan fingerprint density at radius 1 is 1.14 bits per heavy atom. The Kier molecular flexibility index (Phi) is 8.73. The SMILES string of the molecule is CN1CC(O)CNS(=O)(=O)c2ccc(-c3cccnc3)cc2OCC2(CCN(C(=O)Nc3ccc(F)cc3F)CC2)C1. The standard InChI is InChI=1S/C29H33F2N5O5S/c1-35-17-23(37)16-33-42(39,40)27-7-4-20(21-3-2-10-32-15-21)13-26(27)41-19-29(18-35)8-11-36(12-9-29)28(38)34-25-6-5-22(30)14-24(25)31/h2-7,10,13-15,23,33,37H,8-9,11-12,16-19H2,1H3,(H,34,38). The molecule has 1 aromatic heterocycles. The predicted molar refractivity (Wildman–Crippen MR) is 152 cm³/mol. The molecule has 1 atom stereocenters. The van der Waals surface area contributed by atoms with Crippen molar-refractivity contribution in [3.05, 3.63) is 72.6 Å². The van der Waals surface area contributed by atoms with Crippen molar-refractivity contribution in [2.45, 2.75) is 23.8 Å². The number of urea groups is 1. The van der Waals surface area contributed by atoms with Crippen LogP contribution in [0.3, 0.4) is 0 Å². The summed E-state index contributed by atoms with van der Waals surface area (Å²) in [5.41, 5.74) is 0.933. The van der Waals surface area contributed by atoms with Crippen molar-refractivity contribution in [2.75, 3.05) is 51.7 Å². The lowest BCUT2D eigenvalue weighted by molar-refractivity contribution is 0.0256. The summed E-state index contributed by atoms with van der Waals surface area (Å²) in [5, 5.41) is 13.1. The number of hydrogen-bond acceptors (Lipinski definition) is 7. The number of piperidine rings is 1. The van der Waals surface area contributed by atoms with Crippen LogP contribution in [0.5, 0.6) is 5.75 Å². The van der Waals surface area contributed by atoms with E-state index in [4.69, 9.17) is 4.74 Å². The zero-order valence-corrected chi connectivity index (χ0v) is 23.9. The van der Waals surface area contributed by atoms with Crippen molar-refractivity contribution in [2.24, 2.45) is 5.41 Å². The van der Waals surface area contributed by atoms with Gasteiger partial charge in [-0.2, -0.15) is 0 Å². The summed E-state index contributed by atoms with van der Waals surface area (Å²) in [4.78, 5) is 20.5. The summed E-state index contributed by atoms with van der Waals surface area (Å²) in [5.74, 6) is -1.42. The maximum Gasteiger partial charge on any atom is 0.321 e. The molecular formula is C29H33F2N5O5S. The average Bonchev–Trinajstić information content (AvgIpc) is 2.96. The molecule has 2 amide bonds. The van der Waals surface area contributed by atoms with Crippen LogP contribution in [0.15, 0.2) is 65.8 Å². The fourth-order valence-electron chi connectivity index (χ4n) is 5.45. The highest BCUT2D eigenvalue weighted by atomic mass is 32.2. The van der Waals surface area contributed by atoms with Crippen LogP contribution in [0.1, 0.15) is 12.8 Å². The number of pyridine rings is 1. The number of fused-ring (bicyclic) bond motifs is 1. The van der Waals surface area contributed by atoms with Gasteiger partial charge in [0, 0.05) is 62.2 Å². The Morgan fingerprint density at radius 3 is 2.64 bits per heavy atom. The van der Waals surface area contributed by atoms with Crippen LogP contribution >= 0.6 is 0 Å². The van der Waals surface area contributed by atoms with Gasteiger partial charge in [-0.3, -0.25) is 4.98 Å². The molecule has 13 heteroatoms. The molecule has 5 rings (SSSR count). The van der Waals surface area contributed by atoms with Crippen molar-refractivity contribution >= 4 is 21.7 Å². The molecule has 1 saturated heterocycles. The number of carbonyl (C=O) groups excluding carboxylic acids is 1. The molecule has 3 N–H and O–H groups in total. The van der Waals surface area contributed by atoms with Crippen molar-refractivity contribution in [3.8, 4) is 16.9 Å². The number of carbonyl (C=O) groups is 1. The maximum atomic E-state index is 14.1. The Morgan fingerprint density at radius 2 is 1.93 bits per heavy atom. The van der Waals surface area contributed by atoms with Gasteiger partial charge in [0.15, 0.2) is 0 Å². The Bertz CT molecular complexity index is 1530. The number of aliphatic hydroxyl groups excluding tert-OH is 1. The van der Waals surface area contributed by atoms with Gasteiger partial charge in [0.2, 0.25) is 10.0 Å². The minimum Gasteiger partial charge on any atom is -0.492 e. The monoisotopic (exact) mass is 601 g/mol. The van der Waals surface area contributed by atoms with E-state index in [1.54, 1.807) is 35.5 Å². The van der Waals surface area contributed by atoms with E-state index in [-0.39, 0.29) is 36.0 Å². The number of likely N-dealkylation sites (tertiary alicyclic amines) is 1. The predicted octanol–water partition coefficient (Wildman–Crippen LogP) is 3.30. The highest BCUT2D eigenvalue weighted by Gasteiger charge is 2.39. The molecule has 0 aliphatic carbocycles. The first kappa shape index (κ1) is 29.8. The minimum atomic E-state index is -4.00. The highest BCUT2D eigenvalue weighted by molar-refractivity contribution is 7.89. The second kappa shape index (κ2) is 12.3. The third-order valence-corrected chi connectivity index (χ3v) is 9.15. The highest BCUT2D eigenvalue weighted by Crippen LogP contribution is 2.37. The summed E-state index contributed by atoms with van der Waals surface area (Å²) in [7, 11) is -2.16. The average molecular weight is 602 g/mol. The molecule has 3 heterocycles. The number of anilines is 1. The van der Waals surface area contributed by atoms with Crippen LogP contribution in [0.4, 0.5) is 19.3 Å². The van der Waals surface area contributed by atoms with Gasteiger partial charge >= 0.3 is 6.03 Å². The molecule has 0 saturated carbocycles. The van der Waals surface area contributed by atoms with Crippen molar-refractivity contribution in [1.29, 1.82) is 0 Å². The molecule has 0 radical (unpaired) electrons. The fraction of sp³-hybridized carbons (Fsp3) is 0.379. The number of amides is 2. The van der Waals surface area contributed by atoms with E-state index in [0.29, 0.717) is 38.5 Å². The summed E-state index contributed by atoms with van der Waals surface area (Å²) in [6.07, 6.45) is 3.40. The topological polar surface area (TPSA) is 124 Å². The first-order chi connectivity index (χ1) is 20.0. The van der Waals surface area contributed by atoms with Gasteiger partial charge in [0.05, 0.1) is 18.4 Å². The molecule has 10 nitrogen and oxygen atoms in total. The van der Waals surface area contributed by atoms with Crippen molar-refractivity contribution < 1.29 is 31.8 Å². The molecule has 0 bridgehead atoms. The molecule has 1 fully saturated rings. The first-order valence-corrected chi connectivity index (χ1v) is 15.1.